The number of ether oxygens (including phenoxy) is 3. The fourth-order valence-corrected chi connectivity index (χ4v) is 8.45. The number of hydrogen-bond donors (Lipinski definition) is 0. The number of esters is 2. The first kappa shape index (κ1) is 20.1. The standard InChI is InChI=1S/C25H30N2O5/c1-6-14-12-27-19-10-16(14)25(23(29)31-5)20(27)11-24(22(25)32-13(2)28)17-9-15(30-4)7-8-18(17)26(3)21(19)24/h6-9,16,19-22H,10-12H2,1-5H3/b14-6-/t16-,19-,20-,21+,22-,24+,25+/m0/s1. The molecule has 1 saturated carbocycles. The van der Waals surface area contributed by atoms with E-state index in [-0.39, 0.29) is 36.0 Å². The second kappa shape index (κ2) is 6.28. The molecule has 1 aromatic rings. The summed E-state index contributed by atoms with van der Waals surface area (Å²) in [5, 5.41) is 0. The smallest absolute Gasteiger partial charge is 0.317 e. The lowest BCUT2D eigenvalue weighted by Crippen LogP contribution is -2.71. The lowest BCUT2D eigenvalue weighted by atomic mass is 9.58. The molecule has 170 valence electrons. The summed E-state index contributed by atoms with van der Waals surface area (Å²) >= 11 is 0. The summed E-state index contributed by atoms with van der Waals surface area (Å²) in [7, 11) is 5.26. The maximum atomic E-state index is 13.8. The lowest BCUT2D eigenvalue weighted by molar-refractivity contribution is -0.187. The number of allylic oxidation sites excluding steroid dienone is 1. The Morgan fingerprint density at radius 3 is 2.69 bits per heavy atom. The molecule has 1 aliphatic carbocycles. The molecule has 6 aliphatic rings. The molecule has 7 heteroatoms. The Kier molecular flexibility index (Phi) is 3.94. The summed E-state index contributed by atoms with van der Waals surface area (Å²) in [6.45, 7) is 4.36. The van der Waals surface area contributed by atoms with Crippen LogP contribution in [0.2, 0.25) is 0 Å². The number of methoxy groups -OCH3 is 2. The normalized spacial score (nSPS) is 43.3. The van der Waals surface area contributed by atoms with Crippen LogP contribution in [-0.4, -0.2) is 68.9 Å². The van der Waals surface area contributed by atoms with Crippen LogP contribution >= 0.6 is 0 Å². The number of benzene rings is 1. The van der Waals surface area contributed by atoms with Gasteiger partial charge in [-0.25, -0.2) is 0 Å². The summed E-state index contributed by atoms with van der Waals surface area (Å²) in [4.78, 5) is 31.2. The number of carbonyl (C=O) groups excluding carboxylic acids is 2. The van der Waals surface area contributed by atoms with Crippen molar-refractivity contribution < 1.29 is 23.8 Å². The zero-order chi connectivity index (χ0) is 22.6. The highest BCUT2D eigenvalue weighted by atomic mass is 16.6. The molecule has 5 heterocycles. The molecule has 8 atom stereocenters. The van der Waals surface area contributed by atoms with Gasteiger partial charge in [-0.3, -0.25) is 14.5 Å². The topological polar surface area (TPSA) is 68.3 Å². The Morgan fingerprint density at radius 1 is 1.25 bits per heavy atom. The van der Waals surface area contributed by atoms with Gasteiger partial charge in [0.1, 0.15) is 17.3 Å². The molecule has 1 aromatic carbocycles. The highest BCUT2D eigenvalue weighted by molar-refractivity contribution is 5.85. The fourth-order valence-electron chi connectivity index (χ4n) is 8.45. The minimum absolute atomic E-state index is 0.0109. The zero-order valence-corrected chi connectivity index (χ0v) is 19.3. The molecule has 4 saturated heterocycles. The Balaban J connectivity index is 1.68. The van der Waals surface area contributed by atoms with Crippen molar-refractivity contribution in [1.82, 2.24) is 4.90 Å². The number of fused-ring (bicyclic) bond motifs is 2. The van der Waals surface area contributed by atoms with Gasteiger partial charge in [-0.2, -0.15) is 0 Å². The van der Waals surface area contributed by atoms with Crippen LogP contribution in [0.4, 0.5) is 5.69 Å². The Bertz CT molecular complexity index is 1070. The van der Waals surface area contributed by atoms with Crippen LogP contribution < -0.4 is 9.64 Å². The van der Waals surface area contributed by atoms with E-state index < -0.39 is 16.9 Å². The number of hydrogen-bond acceptors (Lipinski definition) is 7. The van der Waals surface area contributed by atoms with Crippen LogP contribution in [0, 0.1) is 11.3 Å². The predicted octanol–water partition coefficient (Wildman–Crippen LogP) is 2.28. The molecule has 0 aromatic heterocycles. The molecule has 7 rings (SSSR count). The molecule has 0 amide bonds. The van der Waals surface area contributed by atoms with Crippen molar-refractivity contribution in [2.24, 2.45) is 11.3 Å². The average Bonchev–Trinajstić information content (AvgIpc) is 3.18. The number of anilines is 1. The highest BCUT2D eigenvalue weighted by Gasteiger charge is 2.84. The van der Waals surface area contributed by atoms with Crippen molar-refractivity contribution in [3.05, 3.63) is 35.4 Å². The summed E-state index contributed by atoms with van der Waals surface area (Å²) in [6, 6.07) is 6.55. The summed E-state index contributed by atoms with van der Waals surface area (Å²) in [6.07, 6.45) is 3.18. The monoisotopic (exact) mass is 438 g/mol. The van der Waals surface area contributed by atoms with E-state index in [2.05, 4.69) is 35.1 Å². The third kappa shape index (κ3) is 1.94. The van der Waals surface area contributed by atoms with Crippen LogP contribution in [0.1, 0.15) is 32.3 Å². The van der Waals surface area contributed by atoms with Gasteiger partial charge in [-0.15, -0.1) is 0 Å². The third-order valence-corrected chi connectivity index (χ3v) is 9.27. The van der Waals surface area contributed by atoms with Crippen molar-refractivity contribution >= 4 is 17.6 Å². The van der Waals surface area contributed by atoms with Crippen LogP contribution in [-0.2, 0) is 24.5 Å². The third-order valence-electron chi connectivity index (χ3n) is 9.27. The molecular weight excluding hydrogens is 408 g/mol. The van der Waals surface area contributed by atoms with Gasteiger partial charge in [0.25, 0.3) is 0 Å². The first-order valence-electron chi connectivity index (χ1n) is 11.4. The second-order valence-corrected chi connectivity index (χ2v) is 10.0. The lowest BCUT2D eigenvalue weighted by Gasteiger charge is -2.61. The largest absolute Gasteiger partial charge is 0.497 e. The van der Waals surface area contributed by atoms with Gasteiger partial charge in [0.2, 0.25) is 0 Å². The molecule has 7 nitrogen and oxygen atoms in total. The van der Waals surface area contributed by atoms with Crippen LogP contribution in [0.3, 0.4) is 0 Å². The first-order chi connectivity index (χ1) is 15.4. The minimum atomic E-state index is -0.905. The van der Waals surface area contributed by atoms with Crippen LogP contribution in [0.25, 0.3) is 0 Å². The summed E-state index contributed by atoms with van der Waals surface area (Å²) in [5.74, 6) is 0.184. The van der Waals surface area contributed by atoms with Gasteiger partial charge < -0.3 is 19.1 Å². The number of likely N-dealkylation sites (N-methyl/N-ethyl adjacent to an activating group) is 1. The van der Waals surface area contributed by atoms with Crippen molar-refractivity contribution in [1.29, 1.82) is 0 Å². The first-order valence-corrected chi connectivity index (χ1v) is 11.4. The highest BCUT2D eigenvalue weighted by Crippen LogP contribution is 2.73. The van der Waals surface area contributed by atoms with E-state index in [0.717, 1.165) is 36.4 Å². The minimum Gasteiger partial charge on any atom is -0.497 e. The Morgan fingerprint density at radius 2 is 2.03 bits per heavy atom. The Labute approximate surface area is 188 Å². The summed E-state index contributed by atoms with van der Waals surface area (Å²) < 4.78 is 17.3. The number of carbonyl (C=O) groups is 2. The van der Waals surface area contributed by atoms with Crippen molar-refractivity contribution in [2.75, 3.05) is 32.7 Å². The van der Waals surface area contributed by atoms with E-state index in [1.165, 1.54) is 19.6 Å². The summed E-state index contributed by atoms with van der Waals surface area (Å²) in [5.41, 5.74) is 2.12. The van der Waals surface area contributed by atoms with E-state index >= 15 is 0 Å². The van der Waals surface area contributed by atoms with E-state index in [1.807, 2.05) is 13.0 Å². The number of nitrogens with zero attached hydrogens (tertiary/aromatic N) is 2. The van der Waals surface area contributed by atoms with E-state index in [1.54, 1.807) is 7.11 Å². The van der Waals surface area contributed by atoms with Gasteiger partial charge in [0, 0.05) is 44.2 Å². The zero-order valence-electron chi connectivity index (χ0n) is 19.3. The van der Waals surface area contributed by atoms with Gasteiger partial charge in [-0.1, -0.05) is 11.6 Å². The molecule has 5 bridgehead atoms. The molecular formula is C25H30N2O5. The van der Waals surface area contributed by atoms with Crippen LogP contribution in [0.15, 0.2) is 29.8 Å². The molecule has 0 N–H and O–H groups in total. The van der Waals surface area contributed by atoms with E-state index in [0.29, 0.717) is 0 Å². The second-order valence-electron chi connectivity index (χ2n) is 10.0. The fraction of sp³-hybridized carbons (Fsp3) is 0.600. The van der Waals surface area contributed by atoms with E-state index in [4.69, 9.17) is 14.2 Å². The van der Waals surface area contributed by atoms with Crippen molar-refractivity contribution in [3.8, 4) is 5.75 Å². The van der Waals surface area contributed by atoms with Gasteiger partial charge >= 0.3 is 11.9 Å². The van der Waals surface area contributed by atoms with Crippen LogP contribution in [0.5, 0.6) is 5.75 Å². The number of piperidine rings is 4. The number of rotatable bonds is 3. The molecule has 1 spiro atoms. The van der Waals surface area contributed by atoms with Crippen molar-refractivity contribution in [2.45, 2.75) is 56.3 Å². The SMILES string of the molecule is C/C=C1/CN2[C@H]3C[C@@]45c6cc(OC)ccc6N(C)[C@@H]4[C@@H]2C[C@@H]1[C@]3(C(=O)OC)[C@H]5OC(C)=O. The molecule has 1 unspecified atom stereocenters. The maximum absolute atomic E-state index is 13.8. The van der Waals surface area contributed by atoms with Gasteiger partial charge in [0.15, 0.2) is 0 Å². The molecule has 0 radical (unpaired) electrons. The van der Waals surface area contributed by atoms with Gasteiger partial charge in [-0.05, 0) is 43.5 Å². The molecule has 32 heavy (non-hydrogen) atoms. The van der Waals surface area contributed by atoms with Gasteiger partial charge in [0.05, 0.1) is 25.7 Å². The molecule has 5 aliphatic heterocycles. The predicted molar refractivity (Wildman–Crippen MR) is 118 cm³/mol. The molecule has 5 fully saturated rings. The average molecular weight is 439 g/mol. The maximum Gasteiger partial charge on any atom is 0.317 e. The van der Waals surface area contributed by atoms with Crippen molar-refractivity contribution in [3.63, 3.8) is 0 Å². The quantitative estimate of drug-likeness (QED) is 0.530. The Hall–Kier alpha value is -2.54. The van der Waals surface area contributed by atoms with E-state index in [9.17, 15) is 9.59 Å².